The topological polar surface area (TPSA) is 79.5 Å². The Hall–Kier alpha value is -1.78. The first-order valence-electron chi connectivity index (χ1n) is 7.15. The molecule has 5 nitrogen and oxygen atoms in total. The van der Waals surface area contributed by atoms with Crippen molar-refractivity contribution in [2.45, 2.75) is 39.2 Å². The summed E-state index contributed by atoms with van der Waals surface area (Å²) in [6, 6.07) is 1.48. The Labute approximate surface area is 117 Å². The molecule has 1 heterocycles. The van der Waals surface area contributed by atoms with E-state index in [9.17, 15) is 9.59 Å². The molecule has 3 unspecified atom stereocenters. The van der Waals surface area contributed by atoms with Crippen molar-refractivity contribution in [1.82, 2.24) is 5.32 Å². The van der Waals surface area contributed by atoms with Crippen molar-refractivity contribution in [2.75, 3.05) is 0 Å². The summed E-state index contributed by atoms with van der Waals surface area (Å²) < 4.78 is 5.36. The summed E-state index contributed by atoms with van der Waals surface area (Å²) in [5, 5.41) is 11.8. The Bertz CT molecular complexity index is 548. The van der Waals surface area contributed by atoms with Crippen LogP contribution in [0.15, 0.2) is 10.5 Å². The Balaban J connectivity index is 1.58. The first-order valence-corrected chi connectivity index (χ1v) is 7.15. The van der Waals surface area contributed by atoms with Crippen molar-refractivity contribution in [2.24, 2.45) is 17.8 Å². The van der Waals surface area contributed by atoms with Crippen LogP contribution in [0.1, 0.15) is 47.6 Å². The minimum Gasteiger partial charge on any atom is -0.478 e. The molecule has 2 N–H and O–H groups in total. The van der Waals surface area contributed by atoms with E-state index in [0.29, 0.717) is 17.4 Å². The lowest BCUT2D eigenvalue weighted by Gasteiger charge is -2.20. The second kappa shape index (κ2) is 4.96. The highest BCUT2D eigenvalue weighted by Gasteiger charge is 2.42. The van der Waals surface area contributed by atoms with Gasteiger partial charge in [0.05, 0.1) is 6.54 Å². The average Bonchev–Trinajstić information content (AvgIpc) is 3.10. The molecule has 3 atom stereocenters. The van der Waals surface area contributed by atoms with Gasteiger partial charge in [0.15, 0.2) is 0 Å². The summed E-state index contributed by atoms with van der Waals surface area (Å²) in [5.74, 6) is 1.38. The fourth-order valence-electron chi connectivity index (χ4n) is 3.71. The first-order chi connectivity index (χ1) is 9.54. The van der Waals surface area contributed by atoms with Crippen LogP contribution in [-0.4, -0.2) is 17.0 Å². The third kappa shape index (κ3) is 2.32. The van der Waals surface area contributed by atoms with Crippen molar-refractivity contribution in [3.8, 4) is 0 Å². The summed E-state index contributed by atoms with van der Waals surface area (Å²) in [5.41, 5.74) is 0.161. The van der Waals surface area contributed by atoms with Gasteiger partial charge in [0.25, 0.3) is 0 Å². The van der Waals surface area contributed by atoms with E-state index in [-0.39, 0.29) is 23.9 Å². The maximum absolute atomic E-state index is 12.2. The number of carbonyl (C=O) groups excluding carboxylic acids is 1. The summed E-state index contributed by atoms with van der Waals surface area (Å²) in [7, 11) is 0. The highest BCUT2D eigenvalue weighted by atomic mass is 16.4. The van der Waals surface area contributed by atoms with Gasteiger partial charge >= 0.3 is 5.97 Å². The van der Waals surface area contributed by atoms with Gasteiger partial charge in [-0.25, -0.2) is 4.79 Å². The molecule has 20 heavy (non-hydrogen) atoms. The van der Waals surface area contributed by atoms with E-state index in [2.05, 4.69) is 5.32 Å². The molecule has 0 spiro atoms. The quantitative estimate of drug-likeness (QED) is 0.885. The van der Waals surface area contributed by atoms with E-state index in [4.69, 9.17) is 9.52 Å². The van der Waals surface area contributed by atoms with Gasteiger partial charge < -0.3 is 14.8 Å². The zero-order valence-electron chi connectivity index (χ0n) is 11.5. The third-order valence-corrected chi connectivity index (χ3v) is 4.71. The molecule has 1 aromatic rings. The third-order valence-electron chi connectivity index (χ3n) is 4.71. The second-order valence-electron chi connectivity index (χ2n) is 5.99. The van der Waals surface area contributed by atoms with Gasteiger partial charge in [0.2, 0.25) is 5.91 Å². The van der Waals surface area contributed by atoms with Crippen molar-refractivity contribution < 1.29 is 19.1 Å². The van der Waals surface area contributed by atoms with Crippen LogP contribution in [-0.2, 0) is 11.3 Å². The molecule has 0 aliphatic heterocycles. The Morgan fingerprint density at radius 2 is 2.20 bits per heavy atom. The van der Waals surface area contributed by atoms with Crippen LogP contribution in [0.25, 0.3) is 0 Å². The Morgan fingerprint density at radius 1 is 1.40 bits per heavy atom. The molecule has 0 radical (unpaired) electrons. The number of hydrogen-bond donors (Lipinski definition) is 2. The lowest BCUT2D eigenvalue weighted by atomic mass is 9.88. The van der Waals surface area contributed by atoms with E-state index in [1.807, 2.05) is 0 Å². The maximum Gasteiger partial charge on any atom is 0.339 e. The minimum atomic E-state index is -1.00. The molecular weight excluding hydrogens is 258 g/mol. The number of hydrogen-bond acceptors (Lipinski definition) is 3. The molecule has 2 saturated carbocycles. The lowest BCUT2D eigenvalue weighted by Crippen LogP contribution is -2.33. The Kier molecular flexibility index (Phi) is 3.28. The number of nitrogens with one attached hydrogen (secondary N) is 1. The van der Waals surface area contributed by atoms with E-state index < -0.39 is 5.97 Å². The zero-order valence-corrected chi connectivity index (χ0v) is 11.5. The molecule has 2 aliphatic rings. The van der Waals surface area contributed by atoms with Crippen LogP contribution in [0.2, 0.25) is 0 Å². The van der Waals surface area contributed by atoms with Crippen molar-refractivity contribution in [3.05, 3.63) is 23.2 Å². The molecule has 2 bridgehead atoms. The molecular formula is C15H19NO4. The number of aryl methyl sites for hydroxylation is 1. The second-order valence-corrected chi connectivity index (χ2v) is 5.99. The van der Waals surface area contributed by atoms with Gasteiger partial charge in [-0.05, 0) is 44.1 Å². The van der Waals surface area contributed by atoms with Gasteiger partial charge in [-0.15, -0.1) is 0 Å². The van der Waals surface area contributed by atoms with E-state index >= 15 is 0 Å². The Morgan fingerprint density at radius 3 is 2.75 bits per heavy atom. The van der Waals surface area contributed by atoms with Gasteiger partial charge in [0, 0.05) is 5.92 Å². The number of carboxylic acid groups (broad SMARTS) is 1. The van der Waals surface area contributed by atoms with Crippen molar-refractivity contribution in [3.63, 3.8) is 0 Å². The number of carbonyl (C=O) groups is 2. The number of aromatic carboxylic acids is 1. The molecule has 1 aromatic heterocycles. The van der Waals surface area contributed by atoms with E-state index in [1.54, 1.807) is 6.92 Å². The van der Waals surface area contributed by atoms with Gasteiger partial charge in [-0.3, -0.25) is 4.79 Å². The highest BCUT2D eigenvalue weighted by Crippen LogP contribution is 2.48. The van der Waals surface area contributed by atoms with Crippen LogP contribution in [0, 0.1) is 24.7 Å². The zero-order chi connectivity index (χ0) is 14.3. The van der Waals surface area contributed by atoms with Crippen molar-refractivity contribution >= 4 is 11.9 Å². The fraction of sp³-hybridized carbons (Fsp3) is 0.600. The summed E-state index contributed by atoms with van der Waals surface area (Å²) >= 11 is 0. The predicted octanol–water partition coefficient (Wildman–Crippen LogP) is 2.34. The predicted molar refractivity (Wildman–Crippen MR) is 71.2 cm³/mol. The smallest absolute Gasteiger partial charge is 0.339 e. The normalized spacial score (nSPS) is 27.8. The van der Waals surface area contributed by atoms with Crippen LogP contribution < -0.4 is 5.32 Å². The molecule has 2 fully saturated rings. The number of amides is 1. The average molecular weight is 277 g/mol. The molecule has 5 heteroatoms. The molecule has 108 valence electrons. The molecule has 2 aliphatic carbocycles. The van der Waals surface area contributed by atoms with Crippen LogP contribution in [0.5, 0.6) is 0 Å². The standard InChI is InChI=1S/C15H19NO4/c1-8-12(15(18)19)6-11(20-8)7-16-14(17)13-5-9-2-3-10(13)4-9/h6,9-10,13H,2-5,7H2,1H3,(H,16,17)(H,18,19). The lowest BCUT2D eigenvalue weighted by molar-refractivity contribution is -0.126. The fourth-order valence-corrected chi connectivity index (χ4v) is 3.71. The number of fused-ring (bicyclic) bond motifs is 2. The SMILES string of the molecule is Cc1oc(CNC(=O)C2CC3CCC2C3)cc1C(=O)O. The van der Waals surface area contributed by atoms with Crippen LogP contribution in [0.3, 0.4) is 0 Å². The van der Waals surface area contributed by atoms with Gasteiger partial charge in [-0.2, -0.15) is 0 Å². The molecule has 3 rings (SSSR count). The van der Waals surface area contributed by atoms with Crippen LogP contribution in [0.4, 0.5) is 0 Å². The summed E-state index contributed by atoms with van der Waals surface area (Å²) in [6.45, 7) is 1.88. The molecule has 1 amide bonds. The van der Waals surface area contributed by atoms with E-state index in [0.717, 1.165) is 12.3 Å². The molecule has 0 saturated heterocycles. The monoisotopic (exact) mass is 277 g/mol. The largest absolute Gasteiger partial charge is 0.478 e. The van der Waals surface area contributed by atoms with Crippen molar-refractivity contribution in [1.29, 1.82) is 0 Å². The number of furan rings is 1. The highest BCUT2D eigenvalue weighted by molar-refractivity contribution is 5.88. The van der Waals surface area contributed by atoms with Gasteiger partial charge in [0.1, 0.15) is 17.1 Å². The van der Waals surface area contributed by atoms with Crippen LogP contribution >= 0.6 is 0 Å². The number of carboxylic acids is 1. The molecule has 0 aromatic carbocycles. The van der Waals surface area contributed by atoms with E-state index in [1.165, 1.54) is 25.3 Å². The summed E-state index contributed by atoms with van der Waals surface area (Å²) in [4.78, 5) is 23.1. The summed E-state index contributed by atoms with van der Waals surface area (Å²) in [6.07, 6.45) is 4.65. The minimum absolute atomic E-state index is 0.0862. The first kappa shape index (κ1) is 13.2. The van der Waals surface area contributed by atoms with Gasteiger partial charge in [-0.1, -0.05) is 6.42 Å². The number of rotatable bonds is 4. The maximum atomic E-state index is 12.2.